The van der Waals surface area contributed by atoms with Crippen LogP contribution in [0.5, 0.6) is 0 Å². The summed E-state index contributed by atoms with van der Waals surface area (Å²) in [6.07, 6.45) is 5.75. The first-order valence-electron chi connectivity index (χ1n) is 10.7. The van der Waals surface area contributed by atoms with Crippen molar-refractivity contribution in [1.82, 2.24) is 15.3 Å². The molecule has 1 saturated carbocycles. The average Bonchev–Trinajstić information content (AvgIpc) is 3.45. The summed E-state index contributed by atoms with van der Waals surface area (Å²) in [4.78, 5) is 30.1. The molecule has 6 nitrogen and oxygen atoms in total. The van der Waals surface area contributed by atoms with Crippen LogP contribution in [0.3, 0.4) is 0 Å². The van der Waals surface area contributed by atoms with Gasteiger partial charge in [0.05, 0.1) is 5.92 Å². The number of likely N-dealkylation sites (tertiary alicyclic amines) is 2. The molecule has 2 saturated heterocycles. The molecule has 152 valence electrons. The van der Waals surface area contributed by atoms with Gasteiger partial charge in [0.25, 0.3) is 0 Å². The van der Waals surface area contributed by atoms with Crippen LogP contribution < -0.4 is 5.48 Å². The van der Waals surface area contributed by atoms with Crippen LogP contribution >= 0.6 is 0 Å². The maximum atomic E-state index is 13.3. The third-order valence-corrected chi connectivity index (χ3v) is 7.01. The normalized spacial score (nSPS) is 31.1. The molecular formula is C22H31N3O3. The first-order chi connectivity index (χ1) is 13.7. The van der Waals surface area contributed by atoms with E-state index in [1.54, 1.807) is 0 Å². The highest BCUT2D eigenvalue weighted by atomic mass is 16.5. The second-order valence-corrected chi connectivity index (χ2v) is 8.58. The Morgan fingerprint density at radius 1 is 0.964 bits per heavy atom. The topological polar surface area (TPSA) is 72.9 Å². The monoisotopic (exact) mass is 385 g/mol. The summed E-state index contributed by atoms with van der Waals surface area (Å²) in [6, 6.07) is 10.7. The van der Waals surface area contributed by atoms with Crippen molar-refractivity contribution in [2.24, 2.45) is 11.8 Å². The Labute approximate surface area is 166 Å². The Balaban J connectivity index is 1.43. The van der Waals surface area contributed by atoms with Gasteiger partial charge in [-0.05, 0) is 57.2 Å². The third-order valence-electron chi connectivity index (χ3n) is 7.01. The predicted molar refractivity (Wildman–Crippen MR) is 106 cm³/mol. The van der Waals surface area contributed by atoms with Crippen LogP contribution in [0.1, 0.15) is 50.0 Å². The number of nitrogens with zero attached hydrogens (tertiary/aromatic N) is 2. The molecule has 28 heavy (non-hydrogen) atoms. The third kappa shape index (κ3) is 3.94. The second-order valence-electron chi connectivity index (χ2n) is 8.58. The van der Waals surface area contributed by atoms with Gasteiger partial charge in [-0.15, -0.1) is 0 Å². The van der Waals surface area contributed by atoms with Crippen LogP contribution in [-0.4, -0.2) is 59.0 Å². The summed E-state index contributed by atoms with van der Waals surface area (Å²) in [5, 5.41) is 9.26. The number of carbonyl (C=O) groups is 2. The second kappa shape index (κ2) is 8.62. The zero-order chi connectivity index (χ0) is 19.5. The molecule has 2 aliphatic heterocycles. The molecule has 2 heterocycles. The van der Waals surface area contributed by atoms with Crippen molar-refractivity contribution in [3.8, 4) is 0 Å². The van der Waals surface area contributed by atoms with E-state index in [0.29, 0.717) is 18.4 Å². The van der Waals surface area contributed by atoms with Crippen molar-refractivity contribution in [2.75, 3.05) is 26.2 Å². The van der Waals surface area contributed by atoms with Gasteiger partial charge >= 0.3 is 0 Å². The van der Waals surface area contributed by atoms with E-state index in [1.165, 1.54) is 18.4 Å². The zero-order valence-corrected chi connectivity index (χ0v) is 16.4. The van der Waals surface area contributed by atoms with E-state index in [0.717, 1.165) is 45.4 Å². The lowest BCUT2D eigenvalue weighted by atomic mass is 9.75. The van der Waals surface area contributed by atoms with E-state index >= 15 is 0 Å². The molecule has 3 aliphatic rings. The Hall–Kier alpha value is -1.92. The molecule has 1 aromatic rings. The molecule has 4 atom stereocenters. The van der Waals surface area contributed by atoms with Crippen molar-refractivity contribution in [2.45, 2.75) is 50.5 Å². The molecule has 2 N–H and O–H groups in total. The van der Waals surface area contributed by atoms with Crippen LogP contribution in [0.2, 0.25) is 0 Å². The van der Waals surface area contributed by atoms with E-state index in [-0.39, 0.29) is 11.8 Å². The van der Waals surface area contributed by atoms with Gasteiger partial charge in [0, 0.05) is 31.0 Å². The van der Waals surface area contributed by atoms with Crippen molar-refractivity contribution in [3.05, 3.63) is 35.9 Å². The molecule has 4 rings (SSSR count). The molecule has 0 radical (unpaired) electrons. The molecule has 1 aliphatic carbocycles. The van der Waals surface area contributed by atoms with Crippen LogP contribution in [0, 0.1) is 11.8 Å². The van der Waals surface area contributed by atoms with Crippen LogP contribution in [0.15, 0.2) is 30.3 Å². The molecule has 0 aromatic heterocycles. The molecule has 1 unspecified atom stereocenters. The molecule has 0 spiro atoms. The lowest BCUT2D eigenvalue weighted by molar-refractivity contribution is -0.147. The van der Waals surface area contributed by atoms with Gasteiger partial charge in [-0.1, -0.05) is 30.3 Å². The van der Waals surface area contributed by atoms with Crippen LogP contribution in [-0.2, 0) is 9.59 Å². The average molecular weight is 386 g/mol. The summed E-state index contributed by atoms with van der Waals surface area (Å²) in [7, 11) is 0. The molecule has 3 fully saturated rings. The highest BCUT2D eigenvalue weighted by molar-refractivity contribution is 5.87. The maximum Gasteiger partial charge on any atom is 0.247 e. The van der Waals surface area contributed by atoms with Crippen molar-refractivity contribution < 1.29 is 14.8 Å². The van der Waals surface area contributed by atoms with Gasteiger partial charge in [0.15, 0.2) is 0 Å². The largest absolute Gasteiger partial charge is 0.342 e. The van der Waals surface area contributed by atoms with E-state index in [1.807, 2.05) is 28.6 Å². The van der Waals surface area contributed by atoms with Gasteiger partial charge in [-0.3, -0.25) is 14.8 Å². The Bertz CT molecular complexity index is 690. The smallest absolute Gasteiger partial charge is 0.247 e. The quantitative estimate of drug-likeness (QED) is 0.617. The molecular weight excluding hydrogens is 354 g/mol. The van der Waals surface area contributed by atoms with Gasteiger partial charge < -0.3 is 9.80 Å². The zero-order valence-electron chi connectivity index (χ0n) is 16.4. The van der Waals surface area contributed by atoms with Crippen molar-refractivity contribution in [1.29, 1.82) is 0 Å². The summed E-state index contributed by atoms with van der Waals surface area (Å²) < 4.78 is 0. The lowest BCUT2D eigenvalue weighted by Crippen LogP contribution is -2.49. The first kappa shape index (κ1) is 19.4. The molecule has 1 aromatic carbocycles. The number of hydroxylamine groups is 1. The van der Waals surface area contributed by atoms with Gasteiger partial charge in [0.1, 0.15) is 0 Å². The first-order valence-corrected chi connectivity index (χ1v) is 10.7. The number of rotatable bonds is 4. The standard InChI is InChI=1S/C22H31N3O3/c26-21(23-28)20-14-18(24-11-4-5-12-24)8-9-19(20)22(27)25-13-10-17(15-25)16-6-2-1-3-7-16/h1-3,6-7,17-20,28H,4-5,8-15H2,(H,23,26)/t17-,18?,19-,20-/m0/s1. The number of benzene rings is 1. The SMILES string of the molecule is O=C(NO)[C@H]1CC(N2CCCC2)CC[C@@H]1C(=O)N1CC[C@H](c2ccccc2)C1. The van der Waals surface area contributed by atoms with Crippen LogP contribution in [0.25, 0.3) is 0 Å². The minimum atomic E-state index is -0.437. The minimum absolute atomic E-state index is 0.0897. The molecule has 2 amide bonds. The number of hydrogen-bond acceptors (Lipinski definition) is 4. The fraction of sp³-hybridized carbons (Fsp3) is 0.636. The Morgan fingerprint density at radius 3 is 2.43 bits per heavy atom. The highest BCUT2D eigenvalue weighted by Gasteiger charge is 2.43. The van der Waals surface area contributed by atoms with E-state index < -0.39 is 11.8 Å². The highest BCUT2D eigenvalue weighted by Crippen LogP contribution is 2.37. The summed E-state index contributed by atoms with van der Waals surface area (Å²) in [5.41, 5.74) is 3.11. The summed E-state index contributed by atoms with van der Waals surface area (Å²) >= 11 is 0. The Kier molecular flexibility index (Phi) is 5.97. The fourth-order valence-corrected chi connectivity index (χ4v) is 5.45. The predicted octanol–water partition coefficient (Wildman–Crippen LogP) is 2.39. The van der Waals surface area contributed by atoms with E-state index in [4.69, 9.17) is 0 Å². The lowest BCUT2D eigenvalue weighted by Gasteiger charge is -2.39. The van der Waals surface area contributed by atoms with Gasteiger partial charge in [-0.25, -0.2) is 5.48 Å². The van der Waals surface area contributed by atoms with E-state index in [9.17, 15) is 14.8 Å². The van der Waals surface area contributed by atoms with Gasteiger partial charge in [0.2, 0.25) is 11.8 Å². The number of nitrogens with one attached hydrogen (secondary N) is 1. The van der Waals surface area contributed by atoms with Crippen molar-refractivity contribution in [3.63, 3.8) is 0 Å². The molecule has 0 bridgehead atoms. The van der Waals surface area contributed by atoms with Gasteiger partial charge in [-0.2, -0.15) is 0 Å². The summed E-state index contributed by atoms with van der Waals surface area (Å²) in [5.74, 6) is -0.697. The van der Waals surface area contributed by atoms with E-state index in [2.05, 4.69) is 17.0 Å². The minimum Gasteiger partial charge on any atom is -0.342 e. The maximum absolute atomic E-state index is 13.3. The number of amides is 2. The fourth-order valence-electron chi connectivity index (χ4n) is 5.45. The number of hydrogen-bond donors (Lipinski definition) is 2. The summed E-state index contributed by atoms with van der Waals surface area (Å²) in [6.45, 7) is 3.64. The van der Waals surface area contributed by atoms with Crippen LogP contribution in [0.4, 0.5) is 0 Å². The number of carbonyl (C=O) groups excluding carboxylic acids is 2. The van der Waals surface area contributed by atoms with Crippen molar-refractivity contribution >= 4 is 11.8 Å². The Morgan fingerprint density at radius 2 is 1.71 bits per heavy atom. The molecule has 6 heteroatoms.